The number of carbonyl (C=O) groups is 1. The molecule has 3 aromatic rings. The fourth-order valence-electron chi connectivity index (χ4n) is 5.63. The summed E-state index contributed by atoms with van der Waals surface area (Å²) in [6.07, 6.45) is 0. The van der Waals surface area contributed by atoms with Crippen LogP contribution in [0.25, 0.3) is 0 Å². The van der Waals surface area contributed by atoms with Gasteiger partial charge in [-0.3, -0.25) is 0 Å². The molecule has 0 heterocycles. The minimum atomic E-state index is -2.97. The molecule has 1 N–H and O–H groups in total. The van der Waals surface area contributed by atoms with E-state index in [1.165, 1.54) is 32.7 Å². The fourth-order valence-corrected chi connectivity index (χ4v) is 35.9. The first-order chi connectivity index (χ1) is 16.7. The standard InChI is InChI=1S/C12H11Si.C10H13NO.C9H13.2ClH.Hf/c1-3-7-11(8-4-1)13-12-9-5-2-6-10-12;1-6-4-7(2)9(10(11)12)8(3)5-6;1-6-5-7(2)9(4)8(6)3;;;/h1-10,13H;4-5H,1-3H3,(H2,11,12);6H,1-4H3;2*1H;/q;;;;;+3/p-3. The Balaban J connectivity index is 0.00000241. The molecule has 0 fully saturated rings. The Morgan fingerprint density at radius 2 is 1.22 bits per heavy atom. The molecule has 1 aliphatic carbocycles. The van der Waals surface area contributed by atoms with Crippen molar-refractivity contribution in [1.29, 1.82) is 0 Å². The van der Waals surface area contributed by atoms with Gasteiger partial charge in [-0.05, 0) is 0 Å². The molecule has 4 rings (SSSR count). The van der Waals surface area contributed by atoms with Crippen LogP contribution in [0.4, 0.5) is 0 Å². The Morgan fingerprint density at radius 1 is 0.757 bits per heavy atom. The molecule has 1 atom stereocenters. The Morgan fingerprint density at radius 3 is 1.62 bits per heavy atom. The Labute approximate surface area is 244 Å². The molecule has 1 aliphatic rings. The van der Waals surface area contributed by atoms with E-state index in [2.05, 4.69) is 125 Å². The van der Waals surface area contributed by atoms with Crippen molar-refractivity contribution in [2.45, 2.75) is 48.5 Å². The molecule has 0 bridgehead atoms. The summed E-state index contributed by atoms with van der Waals surface area (Å²) >= 11 is -2.97. The molecule has 0 saturated carbocycles. The normalized spacial score (nSPS) is 14.9. The molecule has 193 valence electrons. The first kappa shape index (κ1) is 31.5. The molecule has 2 nitrogen and oxygen atoms in total. The summed E-state index contributed by atoms with van der Waals surface area (Å²) < 4.78 is 5.41. The summed E-state index contributed by atoms with van der Waals surface area (Å²) in [7, 11) is 0. The van der Waals surface area contributed by atoms with E-state index >= 15 is 0 Å². The summed E-state index contributed by atoms with van der Waals surface area (Å²) in [6, 6.07) is 26.3. The van der Waals surface area contributed by atoms with Gasteiger partial charge in [0.15, 0.2) is 0 Å². The van der Waals surface area contributed by atoms with Gasteiger partial charge in [-0.15, -0.1) is 0 Å². The van der Waals surface area contributed by atoms with E-state index in [9.17, 15) is 4.79 Å². The minimum Gasteiger partial charge on any atom is -1.00 e. The molecule has 1 unspecified atom stereocenters. The predicted octanol–water partition coefficient (Wildman–Crippen LogP) is -0.319. The van der Waals surface area contributed by atoms with Gasteiger partial charge in [-0.2, -0.15) is 0 Å². The van der Waals surface area contributed by atoms with Crippen molar-refractivity contribution in [3.8, 4) is 0 Å². The predicted molar refractivity (Wildman–Crippen MR) is 148 cm³/mol. The monoisotopic (exact) mass is 716 g/mol. The van der Waals surface area contributed by atoms with Gasteiger partial charge < -0.3 is 24.8 Å². The van der Waals surface area contributed by atoms with Crippen LogP contribution in [0.15, 0.2) is 92.8 Å². The first-order valence-electron chi connectivity index (χ1n) is 12.5. The van der Waals surface area contributed by atoms with Crippen LogP contribution in [0.2, 0.25) is 0 Å². The number of rotatable bonds is 6. The largest absolute Gasteiger partial charge is 1.00 e. The van der Waals surface area contributed by atoms with Crippen LogP contribution in [0, 0.1) is 26.7 Å². The Hall–Kier alpha value is -1.72. The Kier molecular flexibility index (Phi) is 11.4. The SMILES string of the molecule is CC1=C(C)C(C)[C]([Hf+2]([NH]C(=O)c2c(C)cc(C)cc2C)[SiH](c2ccccc2)c2ccccc2)=C1C.[Cl-].[Cl-]. The number of nitrogens with one attached hydrogen (secondary N) is 1. The smallest absolute Gasteiger partial charge is 1.00 e. The van der Waals surface area contributed by atoms with E-state index in [4.69, 9.17) is 0 Å². The van der Waals surface area contributed by atoms with Gasteiger partial charge in [0.25, 0.3) is 0 Å². The summed E-state index contributed by atoms with van der Waals surface area (Å²) in [5.74, 6) is -1.15. The maximum atomic E-state index is 14.0. The van der Waals surface area contributed by atoms with Crippen molar-refractivity contribution in [2.24, 2.45) is 5.92 Å². The summed E-state index contributed by atoms with van der Waals surface area (Å²) in [5, 5.41) is 2.88. The number of benzene rings is 3. The first-order valence-corrected chi connectivity index (χ1v) is 24.0. The van der Waals surface area contributed by atoms with Gasteiger partial charge in [0.2, 0.25) is 0 Å². The minimum absolute atomic E-state index is 0. The van der Waals surface area contributed by atoms with E-state index in [0.717, 1.165) is 16.7 Å². The number of amides is 1. The average molecular weight is 716 g/mol. The maximum Gasteiger partial charge on any atom is -1.00 e. The van der Waals surface area contributed by atoms with Gasteiger partial charge in [-0.25, -0.2) is 0 Å². The fraction of sp³-hybridized carbons (Fsp3) is 0.258. The van der Waals surface area contributed by atoms with Gasteiger partial charge in [0.05, 0.1) is 0 Å². The van der Waals surface area contributed by atoms with Crippen LogP contribution in [0.3, 0.4) is 0 Å². The van der Waals surface area contributed by atoms with Crippen LogP contribution in [0.1, 0.15) is 54.7 Å². The average Bonchev–Trinajstić information content (AvgIpc) is 3.02. The third kappa shape index (κ3) is 6.47. The van der Waals surface area contributed by atoms with Crippen LogP contribution < -0.4 is 38.5 Å². The molecule has 6 heteroatoms. The molecular formula is C31H36Cl2HfNOSi. The summed E-state index contributed by atoms with van der Waals surface area (Å²) in [5.41, 5.74) is 8.51. The number of halogens is 2. The number of aryl methyl sites for hydroxylation is 3. The Bertz CT molecular complexity index is 1260. The molecule has 0 spiro atoms. The topological polar surface area (TPSA) is 29.1 Å². The maximum absolute atomic E-state index is 14.0. The van der Waals surface area contributed by atoms with Gasteiger partial charge in [0.1, 0.15) is 0 Å². The van der Waals surface area contributed by atoms with Crippen molar-refractivity contribution in [3.05, 3.63) is 115 Å². The van der Waals surface area contributed by atoms with Gasteiger partial charge >= 0.3 is 221 Å². The summed E-state index contributed by atoms with van der Waals surface area (Å²) in [4.78, 5) is 14.0. The molecule has 0 saturated heterocycles. The molecule has 0 aliphatic heterocycles. The molecule has 0 radical (unpaired) electrons. The number of allylic oxidation sites excluding steroid dienone is 4. The van der Waals surface area contributed by atoms with Crippen molar-refractivity contribution in [3.63, 3.8) is 0 Å². The van der Waals surface area contributed by atoms with E-state index < -0.39 is 26.9 Å². The molecule has 1 amide bonds. The van der Waals surface area contributed by atoms with Crippen molar-refractivity contribution in [2.75, 3.05) is 0 Å². The van der Waals surface area contributed by atoms with Crippen molar-refractivity contribution in [1.82, 2.24) is 3.30 Å². The second-order valence-electron chi connectivity index (χ2n) is 9.96. The quantitative estimate of drug-likeness (QED) is 0.349. The number of hydrogen-bond acceptors (Lipinski definition) is 1. The van der Waals surface area contributed by atoms with Crippen molar-refractivity contribution >= 4 is 22.3 Å². The number of hydrogen-bond donors (Lipinski definition) is 1. The van der Waals surface area contributed by atoms with E-state index in [1.807, 2.05) is 0 Å². The van der Waals surface area contributed by atoms with Crippen LogP contribution in [0.5, 0.6) is 0 Å². The molecule has 0 aromatic heterocycles. The summed E-state index contributed by atoms with van der Waals surface area (Å²) in [6.45, 7) is 15.4. The molecular weight excluding hydrogens is 680 g/mol. The van der Waals surface area contributed by atoms with Crippen LogP contribution >= 0.6 is 0 Å². The third-order valence-electron chi connectivity index (χ3n) is 7.64. The van der Waals surface area contributed by atoms with E-state index in [-0.39, 0.29) is 30.7 Å². The van der Waals surface area contributed by atoms with E-state index in [0.29, 0.717) is 5.92 Å². The van der Waals surface area contributed by atoms with Crippen molar-refractivity contribution < 1.29 is 50.5 Å². The van der Waals surface area contributed by atoms with E-state index in [1.54, 1.807) is 3.33 Å². The second-order valence-corrected chi connectivity index (χ2v) is 28.9. The van der Waals surface area contributed by atoms with Gasteiger partial charge in [-0.1, -0.05) is 0 Å². The third-order valence-corrected chi connectivity index (χ3v) is 34.2. The zero-order valence-electron chi connectivity index (χ0n) is 22.7. The van der Waals surface area contributed by atoms with Crippen LogP contribution in [-0.4, -0.2) is 11.9 Å². The molecule has 3 aromatic carbocycles. The second kappa shape index (κ2) is 13.4. The molecule has 37 heavy (non-hydrogen) atoms. The zero-order valence-corrected chi connectivity index (χ0v) is 29.0. The van der Waals surface area contributed by atoms with Crippen LogP contribution in [-0.2, 0) is 20.9 Å². The zero-order chi connectivity index (χ0) is 25.3. The number of carbonyl (C=O) groups excluding carboxylic acids is 1. The van der Waals surface area contributed by atoms with Gasteiger partial charge in [0, 0.05) is 0 Å².